The molecule has 2 atom stereocenters. The summed E-state index contributed by atoms with van der Waals surface area (Å²) in [5.74, 6) is 1.82. The number of amides is 1. The first-order valence-corrected chi connectivity index (χ1v) is 14.2. The van der Waals surface area contributed by atoms with Crippen LogP contribution in [0.2, 0.25) is 5.02 Å². The lowest BCUT2D eigenvalue weighted by molar-refractivity contribution is -0.118. The van der Waals surface area contributed by atoms with Crippen LogP contribution in [0.5, 0.6) is 5.75 Å². The molecule has 3 heterocycles. The molecule has 0 bridgehead atoms. The highest BCUT2D eigenvalue weighted by Gasteiger charge is 2.42. The molecule has 2 aromatic heterocycles. The molecular formula is C33H27ClN4O3S. The average Bonchev–Trinajstić information content (AvgIpc) is 3.64. The fourth-order valence-corrected chi connectivity index (χ4v) is 5.43. The molecule has 0 aliphatic carbocycles. The Morgan fingerprint density at radius 2 is 1.81 bits per heavy atom. The van der Waals surface area contributed by atoms with Crippen LogP contribution in [0.3, 0.4) is 0 Å². The minimum absolute atomic E-state index is 0.0905. The predicted octanol–water partition coefficient (Wildman–Crippen LogP) is 7.50. The van der Waals surface area contributed by atoms with E-state index in [1.165, 1.54) is 0 Å². The van der Waals surface area contributed by atoms with Crippen LogP contribution in [0.15, 0.2) is 114 Å². The van der Waals surface area contributed by atoms with E-state index in [0.717, 1.165) is 28.3 Å². The van der Waals surface area contributed by atoms with Gasteiger partial charge in [0.2, 0.25) is 0 Å². The number of aryl methyl sites for hydroxylation is 1. The van der Waals surface area contributed by atoms with Crippen molar-refractivity contribution in [1.29, 1.82) is 0 Å². The van der Waals surface area contributed by atoms with Crippen LogP contribution in [0.1, 0.15) is 29.1 Å². The number of aromatic nitrogens is 1. The number of hydrogen-bond donors (Lipinski definition) is 2. The number of benzene rings is 3. The Balaban J connectivity index is 1.26. The van der Waals surface area contributed by atoms with Gasteiger partial charge in [-0.05, 0) is 91.4 Å². The number of para-hydroxylation sites is 1. The molecule has 0 unspecified atom stereocenters. The second kappa shape index (κ2) is 12.1. The van der Waals surface area contributed by atoms with Crippen LogP contribution in [-0.4, -0.2) is 22.6 Å². The van der Waals surface area contributed by atoms with Gasteiger partial charge >= 0.3 is 0 Å². The summed E-state index contributed by atoms with van der Waals surface area (Å²) in [6, 6.07) is 31.7. The van der Waals surface area contributed by atoms with Gasteiger partial charge in [0.05, 0.1) is 11.7 Å². The van der Waals surface area contributed by atoms with E-state index in [1.54, 1.807) is 6.20 Å². The molecule has 1 aliphatic rings. The lowest BCUT2D eigenvalue weighted by atomic mass is 10.0. The molecule has 1 saturated heterocycles. The van der Waals surface area contributed by atoms with Gasteiger partial charge in [-0.15, -0.1) is 0 Å². The number of pyridine rings is 1. The number of hydrogen-bond acceptors (Lipinski definition) is 5. The number of carbonyl (C=O) groups excluding carboxylic acids is 1. The molecule has 5 aromatic rings. The van der Waals surface area contributed by atoms with Gasteiger partial charge in [-0.25, -0.2) is 0 Å². The van der Waals surface area contributed by atoms with Gasteiger partial charge in [0.25, 0.3) is 5.91 Å². The summed E-state index contributed by atoms with van der Waals surface area (Å²) in [6.07, 6.45) is 1.76. The molecule has 210 valence electrons. The molecule has 42 heavy (non-hydrogen) atoms. The first-order chi connectivity index (χ1) is 20.5. The average molecular weight is 595 g/mol. The fourth-order valence-electron chi connectivity index (χ4n) is 4.90. The molecule has 0 saturated carbocycles. The van der Waals surface area contributed by atoms with Crippen molar-refractivity contribution >= 4 is 46.2 Å². The Kier molecular flexibility index (Phi) is 7.90. The predicted molar refractivity (Wildman–Crippen MR) is 169 cm³/mol. The van der Waals surface area contributed by atoms with Crippen molar-refractivity contribution in [2.24, 2.45) is 0 Å². The third kappa shape index (κ3) is 5.86. The van der Waals surface area contributed by atoms with E-state index in [9.17, 15) is 4.79 Å². The van der Waals surface area contributed by atoms with Gasteiger partial charge < -0.3 is 24.7 Å². The van der Waals surface area contributed by atoms with Crippen molar-refractivity contribution in [3.63, 3.8) is 0 Å². The SMILES string of the molecule is Cc1ccc(-c2ccc([C@H]3[C@@H](c4ccccn4)NC(=S)N3c3ccc(NC(=O)COc4ccccc4)cc3)o2)cc1Cl. The standard InChI is InChI=1S/C33H27ClN4O3S/c1-21-10-11-22(19-26(21)34)28-16-17-29(41-28)32-31(27-9-5-6-18-35-27)37-33(42)38(32)24-14-12-23(13-15-24)36-30(39)20-40-25-7-3-2-4-8-25/h2-19,31-32H,20H2,1H3,(H,36,39)(H,37,42)/t31-,32+/m1/s1. The Hall–Kier alpha value is -4.66. The molecule has 6 rings (SSSR count). The number of ether oxygens (including phenoxy) is 1. The van der Waals surface area contributed by atoms with Crippen molar-refractivity contribution in [1.82, 2.24) is 10.3 Å². The van der Waals surface area contributed by atoms with Crippen LogP contribution in [0.25, 0.3) is 11.3 Å². The van der Waals surface area contributed by atoms with E-state index in [1.807, 2.05) is 115 Å². The zero-order chi connectivity index (χ0) is 29.1. The molecule has 0 radical (unpaired) electrons. The van der Waals surface area contributed by atoms with Gasteiger partial charge in [0.15, 0.2) is 11.7 Å². The summed E-state index contributed by atoms with van der Waals surface area (Å²) in [5, 5.41) is 7.54. The minimum atomic E-state index is -0.318. The van der Waals surface area contributed by atoms with E-state index in [0.29, 0.717) is 27.3 Å². The Morgan fingerprint density at radius 3 is 2.55 bits per heavy atom. The first-order valence-electron chi connectivity index (χ1n) is 13.4. The summed E-state index contributed by atoms with van der Waals surface area (Å²) in [5.41, 5.74) is 4.22. The third-order valence-corrected chi connectivity index (χ3v) is 7.74. The molecule has 1 fully saturated rings. The van der Waals surface area contributed by atoms with E-state index >= 15 is 0 Å². The molecule has 3 aromatic carbocycles. The van der Waals surface area contributed by atoms with Crippen LogP contribution < -0.4 is 20.3 Å². The Bertz CT molecular complexity index is 1710. The smallest absolute Gasteiger partial charge is 0.262 e. The Labute approximate surface area is 254 Å². The number of nitrogens with one attached hydrogen (secondary N) is 2. The van der Waals surface area contributed by atoms with E-state index in [4.69, 9.17) is 33.0 Å². The maximum Gasteiger partial charge on any atom is 0.262 e. The normalized spacial score (nSPS) is 16.2. The molecule has 1 amide bonds. The van der Waals surface area contributed by atoms with E-state index < -0.39 is 0 Å². The number of carbonyl (C=O) groups is 1. The van der Waals surface area contributed by atoms with Gasteiger partial charge in [0, 0.05) is 28.2 Å². The number of halogens is 1. The highest BCUT2D eigenvalue weighted by Crippen LogP contribution is 2.43. The molecule has 0 spiro atoms. The fraction of sp³-hybridized carbons (Fsp3) is 0.121. The summed E-state index contributed by atoms with van der Waals surface area (Å²) in [4.78, 5) is 19.1. The zero-order valence-corrected chi connectivity index (χ0v) is 24.2. The number of nitrogens with zero attached hydrogens (tertiary/aromatic N) is 2. The van der Waals surface area contributed by atoms with Gasteiger partial charge in [-0.3, -0.25) is 9.78 Å². The second-order valence-corrected chi connectivity index (χ2v) is 10.7. The number of anilines is 2. The highest BCUT2D eigenvalue weighted by molar-refractivity contribution is 7.80. The lowest BCUT2D eigenvalue weighted by Crippen LogP contribution is -2.29. The van der Waals surface area contributed by atoms with Crippen molar-refractivity contribution in [3.05, 3.63) is 131 Å². The van der Waals surface area contributed by atoms with Crippen LogP contribution >= 0.6 is 23.8 Å². The minimum Gasteiger partial charge on any atom is -0.484 e. The largest absolute Gasteiger partial charge is 0.484 e. The van der Waals surface area contributed by atoms with Gasteiger partial charge in [0.1, 0.15) is 23.3 Å². The second-order valence-electron chi connectivity index (χ2n) is 9.86. The molecule has 2 N–H and O–H groups in total. The van der Waals surface area contributed by atoms with E-state index in [-0.39, 0.29) is 24.6 Å². The van der Waals surface area contributed by atoms with Crippen LogP contribution in [0, 0.1) is 6.92 Å². The van der Waals surface area contributed by atoms with Crippen molar-refractivity contribution < 1.29 is 13.9 Å². The summed E-state index contributed by atoms with van der Waals surface area (Å²) < 4.78 is 12.0. The maximum absolute atomic E-state index is 12.5. The summed E-state index contributed by atoms with van der Waals surface area (Å²) in [7, 11) is 0. The van der Waals surface area contributed by atoms with Gasteiger partial charge in [-0.1, -0.05) is 48.0 Å². The monoisotopic (exact) mass is 594 g/mol. The first kappa shape index (κ1) is 27.5. The topological polar surface area (TPSA) is 79.6 Å². The Morgan fingerprint density at radius 1 is 1.02 bits per heavy atom. The van der Waals surface area contributed by atoms with Crippen molar-refractivity contribution in [2.75, 3.05) is 16.8 Å². The van der Waals surface area contributed by atoms with Gasteiger partial charge in [-0.2, -0.15) is 0 Å². The summed E-state index contributed by atoms with van der Waals surface area (Å²) >= 11 is 12.2. The van der Waals surface area contributed by atoms with Crippen LogP contribution in [0.4, 0.5) is 11.4 Å². The zero-order valence-electron chi connectivity index (χ0n) is 22.7. The number of thiocarbonyl (C=S) groups is 1. The van der Waals surface area contributed by atoms with Crippen molar-refractivity contribution in [3.8, 4) is 17.1 Å². The van der Waals surface area contributed by atoms with E-state index in [2.05, 4.69) is 15.6 Å². The third-order valence-electron chi connectivity index (χ3n) is 7.02. The quantitative estimate of drug-likeness (QED) is 0.180. The number of rotatable bonds is 8. The lowest BCUT2D eigenvalue weighted by Gasteiger charge is -2.26. The molecular weight excluding hydrogens is 568 g/mol. The summed E-state index contributed by atoms with van der Waals surface area (Å²) in [6.45, 7) is 1.88. The van der Waals surface area contributed by atoms with Crippen molar-refractivity contribution in [2.45, 2.75) is 19.0 Å². The molecule has 7 nitrogen and oxygen atoms in total. The number of furan rings is 1. The molecule has 9 heteroatoms. The highest BCUT2D eigenvalue weighted by atomic mass is 35.5. The molecule has 1 aliphatic heterocycles. The maximum atomic E-state index is 12.5. The van der Waals surface area contributed by atoms with Crippen LogP contribution in [-0.2, 0) is 4.79 Å².